The molecule has 0 aliphatic carbocycles. The fourth-order valence-electron chi connectivity index (χ4n) is 2.66. The van der Waals surface area contributed by atoms with Crippen LogP contribution in [0.3, 0.4) is 0 Å². The Morgan fingerprint density at radius 2 is 1.08 bits per heavy atom. The van der Waals surface area contributed by atoms with Crippen molar-refractivity contribution in [2.75, 3.05) is 52.6 Å². The van der Waals surface area contributed by atoms with Crippen molar-refractivity contribution < 1.29 is 19.1 Å². The summed E-state index contributed by atoms with van der Waals surface area (Å²) in [6.45, 7) is 7.46. The van der Waals surface area contributed by atoms with Crippen molar-refractivity contribution in [2.24, 2.45) is 10.2 Å². The van der Waals surface area contributed by atoms with Gasteiger partial charge in [-0.25, -0.2) is 9.59 Å². The van der Waals surface area contributed by atoms with E-state index in [9.17, 15) is 9.59 Å². The zero-order valence-corrected chi connectivity index (χ0v) is 14.0. The fourth-order valence-corrected chi connectivity index (χ4v) is 2.66. The minimum Gasteiger partial charge on any atom is -0.378 e. The van der Waals surface area contributed by atoms with Crippen LogP contribution in [-0.2, 0) is 9.47 Å². The molecule has 0 spiro atoms. The van der Waals surface area contributed by atoms with Crippen LogP contribution in [0.15, 0.2) is 10.2 Å². The molecule has 10 nitrogen and oxygen atoms in total. The van der Waals surface area contributed by atoms with Gasteiger partial charge in [0.05, 0.1) is 26.4 Å². The number of hydrazone groups is 2. The van der Waals surface area contributed by atoms with Gasteiger partial charge in [-0.2, -0.15) is 10.0 Å². The van der Waals surface area contributed by atoms with Gasteiger partial charge in [-0.1, -0.05) is 0 Å². The predicted octanol–water partition coefficient (Wildman–Crippen LogP) is 0.175. The van der Waals surface area contributed by atoms with Crippen molar-refractivity contribution in [3.63, 3.8) is 0 Å². The summed E-state index contributed by atoms with van der Waals surface area (Å²) in [6.07, 6.45) is 0. The lowest BCUT2D eigenvalue weighted by atomic mass is 10.4. The van der Waals surface area contributed by atoms with E-state index >= 15 is 0 Å². The van der Waals surface area contributed by atoms with Crippen molar-refractivity contribution in [3.8, 4) is 0 Å². The Labute approximate surface area is 140 Å². The summed E-state index contributed by atoms with van der Waals surface area (Å²) in [5.41, 5.74) is 0. The molecular formula is C14H22N6O4. The SMILES string of the molecule is CC1=NN(C(=O)N2CCOCC2)C(C)=NN1C(=O)N1CCOCC1. The topological polar surface area (TPSA) is 90.3 Å². The molecule has 0 aromatic heterocycles. The number of nitrogens with zero attached hydrogens (tertiary/aromatic N) is 6. The molecule has 0 bridgehead atoms. The lowest BCUT2D eigenvalue weighted by Crippen LogP contribution is -2.53. The Morgan fingerprint density at radius 3 is 1.42 bits per heavy atom. The van der Waals surface area contributed by atoms with Gasteiger partial charge in [0.15, 0.2) is 11.7 Å². The normalized spacial score (nSPS) is 22.2. The summed E-state index contributed by atoms with van der Waals surface area (Å²) in [5.74, 6) is 0.720. The van der Waals surface area contributed by atoms with Gasteiger partial charge in [0.2, 0.25) is 0 Å². The van der Waals surface area contributed by atoms with E-state index in [2.05, 4.69) is 10.2 Å². The molecule has 3 heterocycles. The third-order valence-electron chi connectivity index (χ3n) is 4.03. The lowest BCUT2D eigenvalue weighted by molar-refractivity contribution is 0.0456. The number of carbonyl (C=O) groups is 2. The first-order chi connectivity index (χ1) is 11.6. The van der Waals surface area contributed by atoms with E-state index in [0.717, 1.165) is 0 Å². The van der Waals surface area contributed by atoms with E-state index in [0.29, 0.717) is 64.3 Å². The third kappa shape index (κ3) is 3.34. The van der Waals surface area contributed by atoms with Crippen LogP contribution in [0.25, 0.3) is 0 Å². The maximum Gasteiger partial charge on any atom is 0.346 e. The van der Waals surface area contributed by atoms with Crippen LogP contribution in [0.4, 0.5) is 9.59 Å². The van der Waals surface area contributed by atoms with E-state index in [-0.39, 0.29) is 12.1 Å². The number of rotatable bonds is 0. The van der Waals surface area contributed by atoms with Crippen LogP contribution in [0, 0.1) is 0 Å². The molecule has 0 radical (unpaired) electrons. The number of hydrogen-bond acceptors (Lipinski definition) is 6. The highest BCUT2D eigenvalue weighted by molar-refractivity contribution is 6.04. The predicted molar refractivity (Wildman–Crippen MR) is 85.5 cm³/mol. The molecule has 0 aromatic carbocycles. The number of hydrogen-bond donors (Lipinski definition) is 0. The number of amidine groups is 2. The Hall–Kier alpha value is -2.20. The highest BCUT2D eigenvalue weighted by atomic mass is 16.5. The number of morpholine rings is 2. The van der Waals surface area contributed by atoms with Crippen molar-refractivity contribution in [2.45, 2.75) is 13.8 Å². The maximum atomic E-state index is 12.6. The van der Waals surface area contributed by atoms with Gasteiger partial charge in [0.25, 0.3) is 0 Å². The van der Waals surface area contributed by atoms with Crippen LogP contribution in [0.1, 0.15) is 13.8 Å². The number of amides is 4. The molecule has 0 unspecified atom stereocenters. The van der Waals surface area contributed by atoms with Crippen molar-refractivity contribution in [1.82, 2.24) is 19.8 Å². The zero-order valence-electron chi connectivity index (χ0n) is 14.0. The summed E-state index contributed by atoms with van der Waals surface area (Å²) in [6, 6.07) is -0.505. The number of carbonyl (C=O) groups excluding carboxylic acids is 2. The molecule has 0 saturated carbocycles. The standard InChI is InChI=1S/C14H22N6O4/c1-11-15-20(14(22)18-5-9-24-10-6-18)12(2)16-19(11)13(21)17-3-7-23-8-4-17/h3-10H2,1-2H3. The first-order valence-electron chi connectivity index (χ1n) is 8.02. The van der Waals surface area contributed by atoms with Gasteiger partial charge in [-0.05, 0) is 13.8 Å². The fraction of sp³-hybridized carbons (Fsp3) is 0.714. The first kappa shape index (κ1) is 16.7. The lowest BCUT2D eigenvalue weighted by Gasteiger charge is -2.35. The number of ether oxygens (including phenoxy) is 2. The molecular weight excluding hydrogens is 316 g/mol. The highest BCUT2D eigenvalue weighted by Gasteiger charge is 2.32. The molecule has 0 N–H and O–H groups in total. The first-order valence-corrected chi connectivity index (χ1v) is 8.02. The Morgan fingerprint density at radius 1 is 0.750 bits per heavy atom. The molecule has 0 atom stereocenters. The second-order valence-electron chi connectivity index (χ2n) is 5.68. The Kier molecular flexibility index (Phi) is 4.95. The molecule has 132 valence electrons. The summed E-state index contributed by atoms with van der Waals surface area (Å²) < 4.78 is 10.5. The zero-order chi connectivity index (χ0) is 17.1. The summed E-state index contributed by atoms with van der Waals surface area (Å²) in [7, 11) is 0. The second kappa shape index (κ2) is 7.14. The number of urea groups is 2. The van der Waals surface area contributed by atoms with E-state index in [4.69, 9.17) is 9.47 Å². The minimum absolute atomic E-state index is 0.252. The highest BCUT2D eigenvalue weighted by Crippen LogP contribution is 2.14. The molecule has 3 aliphatic heterocycles. The molecule has 0 aromatic rings. The maximum absolute atomic E-state index is 12.6. The van der Waals surface area contributed by atoms with Gasteiger partial charge in [0.1, 0.15) is 0 Å². The van der Waals surface area contributed by atoms with Crippen LogP contribution >= 0.6 is 0 Å². The average Bonchev–Trinajstić information content (AvgIpc) is 2.63. The van der Waals surface area contributed by atoms with Crippen LogP contribution in [-0.4, -0.2) is 96.2 Å². The van der Waals surface area contributed by atoms with E-state index in [1.807, 2.05) is 0 Å². The smallest absolute Gasteiger partial charge is 0.346 e. The van der Waals surface area contributed by atoms with Gasteiger partial charge in [-0.15, -0.1) is 10.2 Å². The van der Waals surface area contributed by atoms with Crippen molar-refractivity contribution >= 4 is 23.7 Å². The van der Waals surface area contributed by atoms with Crippen molar-refractivity contribution in [3.05, 3.63) is 0 Å². The van der Waals surface area contributed by atoms with E-state index in [1.54, 1.807) is 23.6 Å². The minimum atomic E-state index is -0.252. The third-order valence-corrected chi connectivity index (χ3v) is 4.03. The average molecular weight is 338 g/mol. The molecule has 10 heteroatoms. The molecule has 3 aliphatic rings. The Bertz CT molecular complexity index is 516. The molecule has 2 fully saturated rings. The monoisotopic (exact) mass is 338 g/mol. The van der Waals surface area contributed by atoms with E-state index < -0.39 is 0 Å². The summed E-state index contributed by atoms with van der Waals surface area (Å²) >= 11 is 0. The van der Waals surface area contributed by atoms with Crippen LogP contribution < -0.4 is 0 Å². The summed E-state index contributed by atoms with van der Waals surface area (Å²) in [5, 5.41) is 11.0. The molecule has 4 amide bonds. The molecule has 3 rings (SSSR count). The molecule has 24 heavy (non-hydrogen) atoms. The van der Waals surface area contributed by atoms with Crippen LogP contribution in [0.5, 0.6) is 0 Å². The Balaban J connectivity index is 1.71. The largest absolute Gasteiger partial charge is 0.378 e. The summed E-state index contributed by atoms with van der Waals surface area (Å²) in [4.78, 5) is 28.5. The van der Waals surface area contributed by atoms with Crippen molar-refractivity contribution in [1.29, 1.82) is 0 Å². The molecule has 2 saturated heterocycles. The van der Waals surface area contributed by atoms with Gasteiger partial charge < -0.3 is 19.3 Å². The van der Waals surface area contributed by atoms with Gasteiger partial charge in [0, 0.05) is 26.2 Å². The van der Waals surface area contributed by atoms with Crippen LogP contribution in [0.2, 0.25) is 0 Å². The quantitative estimate of drug-likeness (QED) is 0.630. The van der Waals surface area contributed by atoms with Gasteiger partial charge in [-0.3, -0.25) is 0 Å². The van der Waals surface area contributed by atoms with Gasteiger partial charge >= 0.3 is 12.1 Å². The van der Waals surface area contributed by atoms with E-state index in [1.165, 1.54) is 10.0 Å². The second-order valence-corrected chi connectivity index (χ2v) is 5.68.